The van der Waals surface area contributed by atoms with Crippen LogP contribution in [0.15, 0.2) is 18.2 Å². The van der Waals surface area contributed by atoms with Gasteiger partial charge in [-0.3, -0.25) is 0 Å². The lowest BCUT2D eigenvalue weighted by molar-refractivity contribution is 0.244. The molecule has 1 saturated heterocycles. The summed E-state index contributed by atoms with van der Waals surface area (Å²) in [5.74, 6) is 0.211. The van der Waals surface area contributed by atoms with Crippen molar-refractivity contribution < 1.29 is 9.50 Å². The van der Waals surface area contributed by atoms with Crippen LogP contribution in [0.1, 0.15) is 19.3 Å². The van der Waals surface area contributed by atoms with Gasteiger partial charge in [0.05, 0.1) is 0 Å². The number of nitrogens with zero attached hydrogens (tertiary/aromatic N) is 1. The average molecular weight is 238 g/mol. The summed E-state index contributed by atoms with van der Waals surface area (Å²) in [5, 5.41) is 8.97. The van der Waals surface area contributed by atoms with Crippen molar-refractivity contribution in [3.05, 3.63) is 24.0 Å². The Labute approximate surface area is 101 Å². The van der Waals surface area contributed by atoms with Crippen LogP contribution in [0, 0.1) is 11.7 Å². The Bertz CT molecular complexity index is 361. The van der Waals surface area contributed by atoms with E-state index < -0.39 is 0 Å². The van der Waals surface area contributed by atoms with Gasteiger partial charge in [0.1, 0.15) is 5.82 Å². The quantitative estimate of drug-likeness (QED) is 0.792. The molecule has 1 fully saturated rings. The van der Waals surface area contributed by atoms with Crippen molar-refractivity contribution in [1.29, 1.82) is 0 Å². The normalized spacial score (nSPS) is 20.6. The zero-order valence-corrected chi connectivity index (χ0v) is 9.90. The summed E-state index contributed by atoms with van der Waals surface area (Å²) in [6.45, 7) is 2.04. The Morgan fingerprint density at radius 3 is 2.94 bits per heavy atom. The van der Waals surface area contributed by atoms with Gasteiger partial charge >= 0.3 is 0 Å². The van der Waals surface area contributed by atoms with Gasteiger partial charge in [-0.05, 0) is 43.4 Å². The number of hydrogen-bond acceptors (Lipinski definition) is 3. The van der Waals surface area contributed by atoms with Gasteiger partial charge in [0, 0.05) is 31.1 Å². The molecular weight excluding hydrogens is 219 g/mol. The minimum Gasteiger partial charge on any atom is -0.399 e. The minimum absolute atomic E-state index is 0.226. The van der Waals surface area contributed by atoms with Gasteiger partial charge in [-0.2, -0.15) is 0 Å². The second-order valence-corrected chi connectivity index (χ2v) is 4.71. The van der Waals surface area contributed by atoms with Crippen molar-refractivity contribution in [2.24, 2.45) is 5.92 Å². The Morgan fingerprint density at radius 2 is 2.24 bits per heavy atom. The molecule has 4 heteroatoms. The van der Waals surface area contributed by atoms with Gasteiger partial charge in [-0.1, -0.05) is 0 Å². The molecule has 0 bridgehead atoms. The van der Waals surface area contributed by atoms with Crippen molar-refractivity contribution in [3.63, 3.8) is 0 Å². The van der Waals surface area contributed by atoms with E-state index >= 15 is 0 Å². The number of piperidine rings is 1. The molecule has 1 aliphatic heterocycles. The standard InChI is InChI=1S/C13H19FN2O/c14-11-6-12(15)8-13(7-11)16-4-1-2-10(9-16)3-5-17/h6-8,10,17H,1-5,9,15H2. The average Bonchev–Trinajstić information content (AvgIpc) is 2.28. The number of aliphatic hydroxyl groups excluding tert-OH is 1. The molecule has 0 saturated carbocycles. The predicted molar refractivity (Wildman–Crippen MR) is 67.5 cm³/mol. The number of nitrogen functional groups attached to an aromatic ring is 1. The highest BCUT2D eigenvalue weighted by Gasteiger charge is 2.20. The zero-order valence-electron chi connectivity index (χ0n) is 9.90. The van der Waals surface area contributed by atoms with Crippen LogP contribution in [0.25, 0.3) is 0 Å². The Kier molecular flexibility index (Phi) is 3.84. The second kappa shape index (κ2) is 5.36. The van der Waals surface area contributed by atoms with E-state index in [4.69, 9.17) is 10.8 Å². The van der Waals surface area contributed by atoms with Crippen LogP contribution in [0.4, 0.5) is 15.8 Å². The Hall–Kier alpha value is -1.29. The van der Waals surface area contributed by atoms with Crippen LogP contribution in [0.3, 0.4) is 0 Å². The molecule has 0 spiro atoms. The van der Waals surface area contributed by atoms with Gasteiger partial charge < -0.3 is 15.7 Å². The summed E-state index contributed by atoms with van der Waals surface area (Å²) in [4.78, 5) is 2.16. The molecule has 17 heavy (non-hydrogen) atoms. The first-order valence-corrected chi connectivity index (χ1v) is 6.11. The maximum atomic E-state index is 13.3. The summed E-state index contributed by atoms with van der Waals surface area (Å²) < 4.78 is 13.3. The fraction of sp³-hybridized carbons (Fsp3) is 0.538. The highest BCUT2D eigenvalue weighted by Crippen LogP contribution is 2.26. The predicted octanol–water partition coefficient (Wildman–Crippen LogP) is 2.01. The number of anilines is 2. The largest absolute Gasteiger partial charge is 0.399 e. The number of benzene rings is 1. The molecule has 1 atom stereocenters. The third kappa shape index (κ3) is 3.09. The van der Waals surface area contributed by atoms with E-state index in [1.165, 1.54) is 12.1 Å². The number of hydrogen-bond donors (Lipinski definition) is 2. The molecule has 94 valence electrons. The number of aliphatic hydroxyl groups is 1. The maximum absolute atomic E-state index is 13.3. The lowest BCUT2D eigenvalue weighted by atomic mass is 9.95. The van der Waals surface area contributed by atoms with E-state index in [-0.39, 0.29) is 12.4 Å². The molecule has 3 nitrogen and oxygen atoms in total. The fourth-order valence-electron chi connectivity index (χ4n) is 2.50. The molecule has 0 radical (unpaired) electrons. The van der Waals surface area contributed by atoms with Crippen molar-refractivity contribution >= 4 is 11.4 Å². The van der Waals surface area contributed by atoms with Crippen LogP contribution in [0.5, 0.6) is 0 Å². The maximum Gasteiger partial charge on any atom is 0.127 e. The van der Waals surface area contributed by atoms with Gasteiger partial charge in [0.15, 0.2) is 0 Å². The van der Waals surface area contributed by atoms with Crippen molar-refractivity contribution in [2.75, 3.05) is 30.3 Å². The van der Waals surface area contributed by atoms with Crippen molar-refractivity contribution in [3.8, 4) is 0 Å². The summed E-state index contributed by atoms with van der Waals surface area (Å²) in [7, 11) is 0. The molecule has 1 aromatic carbocycles. The molecule has 1 aliphatic rings. The number of rotatable bonds is 3. The van der Waals surface area contributed by atoms with Crippen LogP contribution >= 0.6 is 0 Å². The summed E-state index contributed by atoms with van der Waals surface area (Å²) in [6.07, 6.45) is 3.05. The van der Waals surface area contributed by atoms with E-state index in [9.17, 15) is 4.39 Å². The summed E-state index contributed by atoms with van der Waals surface area (Å²) >= 11 is 0. The van der Waals surface area contributed by atoms with Crippen molar-refractivity contribution in [2.45, 2.75) is 19.3 Å². The molecule has 0 aliphatic carbocycles. The Balaban J connectivity index is 2.10. The van der Waals surface area contributed by atoms with E-state index in [0.717, 1.165) is 38.0 Å². The first kappa shape index (κ1) is 12.2. The minimum atomic E-state index is -0.288. The van der Waals surface area contributed by atoms with E-state index in [1.807, 2.05) is 6.07 Å². The first-order valence-electron chi connectivity index (χ1n) is 6.11. The Morgan fingerprint density at radius 1 is 1.41 bits per heavy atom. The van der Waals surface area contributed by atoms with Crippen LogP contribution in [0.2, 0.25) is 0 Å². The summed E-state index contributed by atoms with van der Waals surface area (Å²) in [5.41, 5.74) is 6.97. The highest BCUT2D eigenvalue weighted by atomic mass is 19.1. The smallest absolute Gasteiger partial charge is 0.127 e. The zero-order chi connectivity index (χ0) is 12.3. The molecule has 1 heterocycles. The van der Waals surface area contributed by atoms with Gasteiger partial charge in [0.2, 0.25) is 0 Å². The molecular formula is C13H19FN2O. The molecule has 1 unspecified atom stereocenters. The number of halogens is 1. The third-order valence-corrected chi connectivity index (χ3v) is 3.33. The topological polar surface area (TPSA) is 49.5 Å². The second-order valence-electron chi connectivity index (χ2n) is 4.71. The van der Waals surface area contributed by atoms with E-state index in [0.29, 0.717) is 11.6 Å². The van der Waals surface area contributed by atoms with Gasteiger partial charge in [0.25, 0.3) is 0 Å². The van der Waals surface area contributed by atoms with Crippen LogP contribution < -0.4 is 10.6 Å². The van der Waals surface area contributed by atoms with E-state index in [1.54, 1.807) is 0 Å². The highest BCUT2D eigenvalue weighted by molar-refractivity contribution is 5.56. The number of nitrogens with two attached hydrogens (primary N) is 1. The van der Waals surface area contributed by atoms with Gasteiger partial charge in [-0.15, -0.1) is 0 Å². The van der Waals surface area contributed by atoms with Crippen LogP contribution in [-0.4, -0.2) is 24.8 Å². The monoisotopic (exact) mass is 238 g/mol. The molecule has 1 aromatic rings. The molecule has 2 rings (SSSR count). The SMILES string of the molecule is Nc1cc(F)cc(N2CCCC(CCO)C2)c1. The molecule has 0 aromatic heterocycles. The fourth-order valence-corrected chi connectivity index (χ4v) is 2.50. The summed E-state index contributed by atoms with van der Waals surface area (Å²) in [6, 6.07) is 4.67. The van der Waals surface area contributed by atoms with E-state index in [2.05, 4.69) is 4.90 Å². The third-order valence-electron chi connectivity index (χ3n) is 3.33. The molecule has 0 amide bonds. The lowest BCUT2D eigenvalue weighted by Crippen LogP contribution is -2.35. The lowest BCUT2D eigenvalue weighted by Gasteiger charge is -2.34. The van der Waals surface area contributed by atoms with Crippen molar-refractivity contribution in [1.82, 2.24) is 0 Å². The van der Waals surface area contributed by atoms with Gasteiger partial charge in [-0.25, -0.2) is 4.39 Å². The van der Waals surface area contributed by atoms with Crippen LogP contribution in [-0.2, 0) is 0 Å². The molecule has 3 N–H and O–H groups in total. The first-order chi connectivity index (χ1) is 8.19.